The number of nitrogens with one attached hydrogen (secondary N) is 2. The Morgan fingerprint density at radius 3 is 2.70 bits per heavy atom. The van der Waals surface area contributed by atoms with Crippen molar-refractivity contribution in [1.82, 2.24) is 14.9 Å². The molecule has 3 aliphatic rings. The summed E-state index contributed by atoms with van der Waals surface area (Å²) >= 11 is 3.52. The minimum atomic E-state index is -0.268. The average molecular weight is 513 g/mol. The highest BCUT2D eigenvalue weighted by molar-refractivity contribution is 9.10. The number of rotatable bonds is 9. The molecule has 1 aliphatic heterocycles. The summed E-state index contributed by atoms with van der Waals surface area (Å²) in [6, 6.07) is 7.74. The fraction of sp³-hybridized carbons (Fsp3) is 0.458. The molecule has 1 saturated heterocycles. The average Bonchev–Trinajstić information content (AvgIpc) is 3.55. The molecule has 4 atom stereocenters. The van der Waals surface area contributed by atoms with Crippen molar-refractivity contribution in [2.45, 2.75) is 25.3 Å². The predicted octanol–water partition coefficient (Wildman–Crippen LogP) is 3.55. The Kier molecular flexibility index (Phi) is 6.50. The number of carbonyl (C=O) groups is 1. The van der Waals surface area contributed by atoms with Crippen LogP contribution < -0.4 is 21.1 Å². The smallest absolute Gasteiger partial charge is 0.229 e. The lowest BCUT2D eigenvalue weighted by atomic mass is 9.88. The van der Waals surface area contributed by atoms with Crippen LogP contribution in [0.2, 0.25) is 0 Å². The van der Waals surface area contributed by atoms with Gasteiger partial charge in [-0.05, 0) is 84.4 Å². The number of aromatic nitrogens is 2. The normalized spacial score (nSPS) is 26.0. The Hall–Kier alpha value is -2.65. The Labute approximate surface area is 202 Å². The lowest BCUT2D eigenvalue weighted by molar-refractivity contribution is -0.122. The van der Waals surface area contributed by atoms with Crippen LogP contribution in [0.4, 0.5) is 17.5 Å². The standard InChI is InChI=1S/C24H29BrN6O2/c25-19-14-27-24(30-23(19)29-21-16-4-3-15(13-16)20(21)22(26)32)28-17-5-7-18(8-6-17)33-12-11-31-9-1-2-10-31/h3-8,14-16,20-21H,1-2,9-13H2,(H2,26,32)(H2,27,28,29,30)/t15-,16+,20?,21-/m1/s1. The number of halogens is 1. The predicted molar refractivity (Wildman–Crippen MR) is 131 cm³/mol. The molecular formula is C24H29BrN6O2. The second kappa shape index (κ2) is 9.69. The van der Waals surface area contributed by atoms with E-state index >= 15 is 0 Å². The number of fused-ring (bicyclic) bond motifs is 2. The van der Waals surface area contributed by atoms with E-state index in [1.165, 1.54) is 25.9 Å². The largest absolute Gasteiger partial charge is 0.492 e. The third kappa shape index (κ3) is 4.99. The molecule has 1 aromatic carbocycles. The topological polar surface area (TPSA) is 105 Å². The van der Waals surface area contributed by atoms with Crippen LogP contribution in [0.15, 0.2) is 47.1 Å². The first-order valence-corrected chi connectivity index (χ1v) is 12.3. The number of likely N-dealkylation sites (tertiary alicyclic amines) is 1. The highest BCUT2D eigenvalue weighted by atomic mass is 79.9. The van der Waals surface area contributed by atoms with E-state index < -0.39 is 0 Å². The van der Waals surface area contributed by atoms with Crippen molar-refractivity contribution in [3.63, 3.8) is 0 Å². The van der Waals surface area contributed by atoms with Crippen LogP contribution in [0.1, 0.15) is 19.3 Å². The molecule has 2 heterocycles. The number of ether oxygens (including phenoxy) is 1. The quantitative estimate of drug-likeness (QED) is 0.441. The van der Waals surface area contributed by atoms with Gasteiger partial charge in [0.2, 0.25) is 11.9 Å². The van der Waals surface area contributed by atoms with Gasteiger partial charge in [-0.25, -0.2) is 4.98 Å². The van der Waals surface area contributed by atoms with E-state index in [1.807, 2.05) is 24.3 Å². The highest BCUT2D eigenvalue weighted by Crippen LogP contribution is 2.45. The van der Waals surface area contributed by atoms with Gasteiger partial charge in [0.25, 0.3) is 0 Å². The summed E-state index contributed by atoms with van der Waals surface area (Å²) in [4.78, 5) is 23.5. The molecule has 1 aromatic heterocycles. The first-order valence-electron chi connectivity index (χ1n) is 11.6. The molecule has 5 rings (SSSR count). The summed E-state index contributed by atoms with van der Waals surface area (Å²) in [5, 5.41) is 6.68. The van der Waals surface area contributed by atoms with Crippen molar-refractivity contribution in [2.24, 2.45) is 23.5 Å². The molecule has 0 spiro atoms. The molecule has 0 radical (unpaired) electrons. The molecule has 33 heavy (non-hydrogen) atoms. The SMILES string of the molecule is NC(=O)C1[C@@H]2C=C[C@@H](C2)[C@H]1Nc1nc(Nc2ccc(OCCN3CCCC3)cc2)ncc1Br. The van der Waals surface area contributed by atoms with Crippen LogP contribution in [0.5, 0.6) is 5.75 Å². The number of nitrogens with two attached hydrogens (primary N) is 1. The van der Waals surface area contributed by atoms with Gasteiger partial charge in [-0.15, -0.1) is 0 Å². The maximum Gasteiger partial charge on any atom is 0.229 e. The summed E-state index contributed by atoms with van der Waals surface area (Å²) < 4.78 is 6.62. The van der Waals surface area contributed by atoms with E-state index in [-0.39, 0.29) is 29.7 Å². The van der Waals surface area contributed by atoms with Gasteiger partial charge in [-0.1, -0.05) is 12.2 Å². The van der Waals surface area contributed by atoms with Gasteiger partial charge < -0.3 is 21.1 Å². The van der Waals surface area contributed by atoms with Gasteiger partial charge in [-0.2, -0.15) is 4.98 Å². The zero-order valence-electron chi connectivity index (χ0n) is 18.4. The fourth-order valence-corrected chi connectivity index (χ4v) is 5.46. The summed E-state index contributed by atoms with van der Waals surface area (Å²) in [5.41, 5.74) is 6.56. The van der Waals surface area contributed by atoms with Gasteiger partial charge in [-0.3, -0.25) is 9.69 Å². The number of nitrogens with zero attached hydrogens (tertiary/aromatic N) is 3. The lowest BCUT2D eigenvalue weighted by Crippen LogP contribution is -2.41. The third-order valence-corrected chi connectivity index (χ3v) is 7.40. The van der Waals surface area contributed by atoms with Crippen molar-refractivity contribution >= 4 is 39.3 Å². The zero-order chi connectivity index (χ0) is 22.8. The Balaban J connectivity index is 1.20. The van der Waals surface area contributed by atoms with E-state index in [2.05, 4.69) is 53.6 Å². The number of allylic oxidation sites excluding steroid dienone is 1. The van der Waals surface area contributed by atoms with Crippen LogP contribution in [0.3, 0.4) is 0 Å². The van der Waals surface area contributed by atoms with E-state index in [1.54, 1.807) is 6.20 Å². The van der Waals surface area contributed by atoms with Crippen LogP contribution in [-0.4, -0.2) is 53.1 Å². The van der Waals surface area contributed by atoms with Crippen LogP contribution in [0, 0.1) is 17.8 Å². The van der Waals surface area contributed by atoms with Gasteiger partial charge in [0.15, 0.2) is 0 Å². The highest BCUT2D eigenvalue weighted by Gasteiger charge is 2.47. The Morgan fingerprint density at radius 2 is 1.94 bits per heavy atom. The minimum absolute atomic E-state index is 0.0615. The van der Waals surface area contributed by atoms with Crippen molar-refractivity contribution in [3.8, 4) is 5.75 Å². The van der Waals surface area contributed by atoms with Crippen LogP contribution in [-0.2, 0) is 4.79 Å². The molecule has 1 saturated carbocycles. The van der Waals surface area contributed by atoms with Crippen molar-refractivity contribution < 1.29 is 9.53 Å². The van der Waals surface area contributed by atoms with Crippen LogP contribution in [0.25, 0.3) is 0 Å². The maximum atomic E-state index is 12.0. The number of carbonyl (C=O) groups excluding carboxylic acids is 1. The molecule has 2 bridgehead atoms. The summed E-state index contributed by atoms with van der Waals surface area (Å²) in [7, 11) is 0. The van der Waals surface area contributed by atoms with E-state index in [4.69, 9.17) is 10.5 Å². The lowest BCUT2D eigenvalue weighted by Gasteiger charge is -2.27. The molecule has 9 heteroatoms. The monoisotopic (exact) mass is 512 g/mol. The van der Waals surface area contributed by atoms with Gasteiger partial charge in [0.05, 0.1) is 10.4 Å². The van der Waals surface area contributed by atoms with Crippen molar-refractivity contribution in [3.05, 3.63) is 47.1 Å². The van der Waals surface area contributed by atoms with E-state index in [9.17, 15) is 4.79 Å². The van der Waals surface area contributed by atoms with Crippen molar-refractivity contribution in [2.75, 3.05) is 36.9 Å². The number of hydrogen-bond donors (Lipinski definition) is 3. The first kappa shape index (κ1) is 22.2. The van der Waals surface area contributed by atoms with E-state index in [0.717, 1.165) is 28.9 Å². The molecule has 1 amide bonds. The molecule has 2 aliphatic carbocycles. The number of primary amides is 1. The van der Waals surface area contributed by atoms with Crippen LogP contribution >= 0.6 is 15.9 Å². The maximum absolute atomic E-state index is 12.0. The Morgan fingerprint density at radius 1 is 1.18 bits per heavy atom. The second-order valence-corrected chi connectivity index (χ2v) is 9.84. The minimum Gasteiger partial charge on any atom is -0.492 e. The molecular weight excluding hydrogens is 484 g/mol. The second-order valence-electron chi connectivity index (χ2n) is 8.98. The number of benzene rings is 1. The molecule has 8 nitrogen and oxygen atoms in total. The Bertz CT molecular complexity index is 1020. The summed E-state index contributed by atoms with van der Waals surface area (Å²) in [6.45, 7) is 4.02. The zero-order valence-corrected chi connectivity index (χ0v) is 20.0. The number of amides is 1. The number of hydrogen-bond acceptors (Lipinski definition) is 7. The first-order chi connectivity index (χ1) is 16.1. The third-order valence-electron chi connectivity index (χ3n) is 6.82. The van der Waals surface area contributed by atoms with Gasteiger partial charge in [0, 0.05) is 24.5 Å². The molecule has 2 fully saturated rings. The molecule has 2 aromatic rings. The molecule has 1 unspecified atom stereocenters. The summed E-state index contributed by atoms with van der Waals surface area (Å²) in [5.74, 6) is 1.96. The van der Waals surface area contributed by atoms with Gasteiger partial charge >= 0.3 is 0 Å². The van der Waals surface area contributed by atoms with Gasteiger partial charge in [0.1, 0.15) is 18.2 Å². The molecule has 174 valence electrons. The molecule has 4 N–H and O–H groups in total. The van der Waals surface area contributed by atoms with Crippen molar-refractivity contribution in [1.29, 1.82) is 0 Å². The van der Waals surface area contributed by atoms with E-state index in [0.29, 0.717) is 18.4 Å². The fourth-order valence-electron chi connectivity index (χ4n) is 5.16. The summed E-state index contributed by atoms with van der Waals surface area (Å²) in [6.07, 6.45) is 9.52. The number of anilines is 3.